The fourth-order valence-electron chi connectivity index (χ4n) is 4.73. The molecule has 1 aliphatic carbocycles. The molecule has 1 aliphatic heterocycles. The van der Waals surface area contributed by atoms with Crippen LogP contribution in [0.5, 0.6) is 0 Å². The molecule has 4 rings (SSSR count). The molecule has 0 atom stereocenters. The van der Waals surface area contributed by atoms with E-state index in [9.17, 15) is 14.7 Å². The first kappa shape index (κ1) is 22.3. The quantitative estimate of drug-likeness (QED) is 0.584. The molecule has 0 saturated carbocycles. The van der Waals surface area contributed by atoms with Crippen LogP contribution in [0.2, 0.25) is 0 Å². The largest absolute Gasteiger partial charge is 0.449 e. The molecule has 2 aromatic carbocycles. The van der Waals surface area contributed by atoms with Crippen molar-refractivity contribution < 1.29 is 19.4 Å². The average Bonchev–Trinajstić information content (AvgIpc) is 3.11. The first-order chi connectivity index (χ1) is 15.5. The first-order valence-corrected chi connectivity index (χ1v) is 11.5. The molecule has 0 unspecified atom stereocenters. The number of unbranched alkanes of at least 4 members (excludes halogenated alkanes) is 2. The van der Waals surface area contributed by atoms with Crippen LogP contribution in [-0.4, -0.2) is 54.9 Å². The van der Waals surface area contributed by atoms with Crippen LogP contribution in [0.25, 0.3) is 11.1 Å². The number of hydrogen-bond acceptors (Lipinski definition) is 4. The molecule has 1 fully saturated rings. The van der Waals surface area contributed by atoms with Gasteiger partial charge >= 0.3 is 6.09 Å². The SMILES string of the molecule is CC1(CO)CN(C(=O)CCCCCNC(=O)OCC2c3ccccc3-c3ccccc32)C1. The Morgan fingerprint density at radius 1 is 1.03 bits per heavy atom. The molecule has 1 heterocycles. The summed E-state index contributed by atoms with van der Waals surface area (Å²) in [6.45, 7) is 4.26. The number of nitrogens with one attached hydrogen (secondary N) is 1. The molecular weight excluding hydrogens is 404 g/mol. The van der Waals surface area contributed by atoms with Gasteiger partial charge in [-0.25, -0.2) is 4.79 Å². The van der Waals surface area contributed by atoms with Crippen molar-refractivity contribution >= 4 is 12.0 Å². The molecular formula is C26H32N2O4. The number of carbonyl (C=O) groups excluding carboxylic acids is 2. The van der Waals surface area contributed by atoms with Crippen molar-refractivity contribution in [2.75, 3.05) is 32.8 Å². The number of likely N-dealkylation sites (tertiary alicyclic amines) is 1. The molecule has 2 aliphatic rings. The van der Waals surface area contributed by atoms with E-state index < -0.39 is 6.09 Å². The van der Waals surface area contributed by atoms with Crippen LogP contribution < -0.4 is 5.32 Å². The number of alkyl carbamates (subject to hydrolysis) is 1. The Bertz CT molecular complexity index is 922. The van der Waals surface area contributed by atoms with E-state index in [1.165, 1.54) is 22.3 Å². The van der Waals surface area contributed by atoms with Gasteiger partial charge in [-0.05, 0) is 35.1 Å². The molecule has 170 valence electrons. The first-order valence-electron chi connectivity index (χ1n) is 11.5. The fraction of sp³-hybridized carbons (Fsp3) is 0.462. The zero-order valence-corrected chi connectivity index (χ0v) is 18.7. The summed E-state index contributed by atoms with van der Waals surface area (Å²) >= 11 is 0. The van der Waals surface area contributed by atoms with E-state index >= 15 is 0 Å². The molecule has 2 amide bonds. The molecule has 2 N–H and O–H groups in total. The van der Waals surface area contributed by atoms with Crippen molar-refractivity contribution in [2.24, 2.45) is 5.41 Å². The van der Waals surface area contributed by atoms with Crippen molar-refractivity contribution in [1.29, 1.82) is 0 Å². The number of rotatable bonds is 9. The van der Waals surface area contributed by atoms with Crippen molar-refractivity contribution in [3.8, 4) is 11.1 Å². The van der Waals surface area contributed by atoms with Gasteiger partial charge in [-0.1, -0.05) is 61.9 Å². The molecule has 32 heavy (non-hydrogen) atoms. The molecule has 0 spiro atoms. The van der Waals surface area contributed by atoms with E-state index in [0.29, 0.717) is 32.7 Å². The number of benzene rings is 2. The van der Waals surface area contributed by atoms with E-state index in [1.54, 1.807) is 0 Å². The summed E-state index contributed by atoms with van der Waals surface area (Å²) in [6.07, 6.45) is 2.61. The van der Waals surface area contributed by atoms with E-state index in [4.69, 9.17) is 4.74 Å². The minimum atomic E-state index is -0.396. The van der Waals surface area contributed by atoms with Crippen LogP contribution >= 0.6 is 0 Å². The Labute approximate surface area is 189 Å². The zero-order valence-electron chi connectivity index (χ0n) is 18.7. The Hall–Kier alpha value is -2.86. The highest BCUT2D eigenvalue weighted by Crippen LogP contribution is 2.44. The molecule has 2 aromatic rings. The summed E-state index contributed by atoms with van der Waals surface area (Å²) in [6, 6.07) is 16.6. The number of aliphatic hydroxyl groups excluding tert-OH is 1. The maximum atomic E-state index is 12.2. The van der Waals surface area contributed by atoms with Gasteiger partial charge in [-0.15, -0.1) is 0 Å². The topological polar surface area (TPSA) is 78.9 Å². The van der Waals surface area contributed by atoms with Crippen molar-refractivity contribution in [2.45, 2.75) is 38.5 Å². The van der Waals surface area contributed by atoms with Crippen LogP contribution in [0.3, 0.4) is 0 Å². The molecule has 0 radical (unpaired) electrons. The van der Waals surface area contributed by atoms with E-state index in [-0.39, 0.29) is 23.8 Å². The number of nitrogens with zero attached hydrogens (tertiary/aromatic N) is 1. The normalized spacial score (nSPS) is 16.1. The van der Waals surface area contributed by atoms with E-state index in [2.05, 4.69) is 29.6 Å². The second-order valence-electron chi connectivity index (χ2n) is 9.28. The van der Waals surface area contributed by atoms with Crippen LogP contribution in [0.1, 0.15) is 49.7 Å². The summed E-state index contributed by atoms with van der Waals surface area (Å²) in [5.74, 6) is 0.216. The summed E-state index contributed by atoms with van der Waals surface area (Å²) < 4.78 is 5.54. The number of amides is 2. The lowest BCUT2D eigenvalue weighted by Crippen LogP contribution is -2.58. The van der Waals surface area contributed by atoms with Crippen molar-refractivity contribution in [3.63, 3.8) is 0 Å². The second-order valence-corrected chi connectivity index (χ2v) is 9.28. The fourth-order valence-corrected chi connectivity index (χ4v) is 4.73. The van der Waals surface area contributed by atoms with Gasteiger partial charge < -0.3 is 20.1 Å². The minimum absolute atomic E-state index is 0.0633. The van der Waals surface area contributed by atoms with Crippen LogP contribution in [0.4, 0.5) is 4.79 Å². The lowest BCUT2D eigenvalue weighted by Gasteiger charge is -2.47. The Morgan fingerprint density at radius 3 is 2.28 bits per heavy atom. The summed E-state index contributed by atoms with van der Waals surface area (Å²) in [5.41, 5.74) is 4.71. The van der Waals surface area contributed by atoms with Gasteiger partial charge in [-0.3, -0.25) is 4.79 Å². The number of hydrogen-bond donors (Lipinski definition) is 2. The minimum Gasteiger partial charge on any atom is -0.449 e. The van der Waals surface area contributed by atoms with Gasteiger partial charge in [0.15, 0.2) is 0 Å². The van der Waals surface area contributed by atoms with Crippen molar-refractivity contribution in [1.82, 2.24) is 10.2 Å². The average molecular weight is 437 g/mol. The highest BCUT2D eigenvalue weighted by atomic mass is 16.5. The van der Waals surface area contributed by atoms with Gasteiger partial charge in [0, 0.05) is 37.4 Å². The molecule has 6 heteroatoms. The predicted molar refractivity (Wildman–Crippen MR) is 123 cm³/mol. The second kappa shape index (κ2) is 9.74. The number of aliphatic hydroxyl groups is 1. The van der Waals surface area contributed by atoms with Crippen LogP contribution in [0.15, 0.2) is 48.5 Å². The molecule has 0 bridgehead atoms. The third-order valence-electron chi connectivity index (χ3n) is 6.56. The molecule has 1 saturated heterocycles. The number of carbonyl (C=O) groups is 2. The number of ether oxygens (including phenoxy) is 1. The number of fused-ring (bicyclic) bond motifs is 3. The molecule has 0 aromatic heterocycles. The van der Waals surface area contributed by atoms with Gasteiger partial charge in [0.25, 0.3) is 0 Å². The van der Waals surface area contributed by atoms with Gasteiger partial charge in [-0.2, -0.15) is 0 Å². The monoisotopic (exact) mass is 436 g/mol. The zero-order chi connectivity index (χ0) is 22.6. The standard InChI is InChI=1S/C26H32N2O4/c1-26(18-29)16-28(17-26)24(30)13-3-2-8-14-27-25(31)32-15-23-21-11-6-4-9-19(21)20-10-5-7-12-22(20)23/h4-7,9-12,23,29H,2-3,8,13-18H2,1H3,(H,27,31). The van der Waals surface area contributed by atoms with Crippen molar-refractivity contribution in [3.05, 3.63) is 59.7 Å². The Balaban J connectivity index is 1.13. The van der Waals surface area contributed by atoms with Crippen LogP contribution in [-0.2, 0) is 9.53 Å². The maximum absolute atomic E-state index is 12.2. The summed E-state index contributed by atoms with van der Waals surface area (Å²) in [5, 5.41) is 12.1. The smallest absolute Gasteiger partial charge is 0.407 e. The highest BCUT2D eigenvalue weighted by molar-refractivity contribution is 5.79. The summed E-state index contributed by atoms with van der Waals surface area (Å²) in [4.78, 5) is 26.1. The predicted octanol–water partition coefficient (Wildman–Crippen LogP) is 3.93. The van der Waals surface area contributed by atoms with Gasteiger partial charge in [0.1, 0.15) is 6.61 Å². The Morgan fingerprint density at radius 2 is 1.66 bits per heavy atom. The summed E-state index contributed by atoms with van der Waals surface area (Å²) in [7, 11) is 0. The molecule has 6 nitrogen and oxygen atoms in total. The Kier molecular flexibility index (Phi) is 6.80. The van der Waals surface area contributed by atoms with E-state index in [0.717, 1.165) is 19.3 Å². The van der Waals surface area contributed by atoms with Gasteiger partial charge in [0.2, 0.25) is 5.91 Å². The van der Waals surface area contributed by atoms with Gasteiger partial charge in [0.05, 0.1) is 6.61 Å². The van der Waals surface area contributed by atoms with Crippen LogP contribution in [0, 0.1) is 5.41 Å². The lowest BCUT2D eigenvalue weighted by atomic mass is 9.82. The highest BCUT2D eigenvalue weighted by Gasteiger charge is 2.40. The van der Waals surface area contributed by atoms with E-state index in [1.807, 2.05) is 36.1 Å². The maximum Gasteiger partial charge on any atom is 0.407 e. The lowest BCUT2D eigenvalue weighted by molar-refractivity contribution is -0.144. The third-order valence-corrected chi connectivity index (χ3v) is 6.56. The third kappa shape index (κ3) is 4.80.